The van der Waals surface area contributed by atoms with Gasteiger partial charge in [0.25, 0.3) is 5.91 Å². The lowest BCUT2D eigenvalue weighted by Crippen LogP contribution is -2.31. The van der Waals surface area contributed by atoms with Crippen molar-refractivity contribution in [1.29, 1.82) is 0 Å². The molecule has 3 aromatic carbocycles. The maximum Gasteiger partial charge on any atom is 0.254 e. The van der Waals surface area contributed by atoms with Gasteiger partial charge in [0.05, 0.1) is 0 Å². The second kappa shape index (κ2) is 9.55. The Labute approximate surface area is 170 Å². The van der Waals surface area contributed by atoms with Crippen LogP contribution < -0.4 is 10.5 Å². The summed E-state index contributed by atoms with van der Waals surface area (Å²) in [5, 5.41) is 0. The van der Waals surface area contributed by atoms with Crippen LogP contribution in [-0.4, -0.2) is 23.3 Å². The van der Waals surface area contributed by atoms with E-state index in [1.807, 2.05) is 35.2 Å². The molecule has 0 saturated carbocycles. The van der Waals surface area contributed by atoms with Gasteiger partial charge in [0.1, 0.15) is 11.5 Å². The Morgan fingerprint density at radius 3 is 1.90 bits per heavy atom. The van der Waals surface area contributed by atoms with Crippen LogP contribution in [0.3, 0.4) is 0 Å². The van der Waals surface area contributed by atoms with Crippen molar-refractivity contribution >= 4 is 11.8 Å². The molecule has 0 bridgehead atoms. The Balaban J connectivity index is 1.68. The number of hydrogen-bond donors (Lipinski definition) is 1. The SMILES string of the molecule is CCCN(Cc1ccccc1)C(=O)c1ccc(Oc2ccc(C(N)=O)cc2)cc1. The van der Waals surface area contributed by atoms with Gasteiger partial charge in [0.2, 0.25) is 5.91 Å². The van der Waals surface area contributed by atoms with E-state index in [9.17, 15) is 9.59 Å². The van der Waals surface area contributed by atoms with E-state index in [0.717, 1.165) is 12.0 Å². The third kappa shape index (κ3) is 5.45. The normalized spacial score (nSPS) is 10.4. The predicted molar refractivity (Wildman–Crippen MR) is 113 cm³/mol. The van der Waals surface area contributed by atoms with Crippen LogP contribution in [0.4, 0.5) is 0 Å². The van der Waals surface area contributed by atoms with E-state index in [1.54, 1.807) is 48.5 Å². The molecule has 2 amide bonds. The third-order valence-electron chi connectivity index (χ3n) is 4.47. The van der Waals surface area contributed by atoms with E-state index in [0.29, 0.717) is 35.7 Å². The van der Waals surface area contributed by atoms with Crippen molar-refractivity contribution in [2.24, 2.45) is 5.73 Å². The van der Waals surface area contributed by atoms with Crippen molar-refractivity contribution in [3.05, 3.63) is 95.6 Å². The average molecular weight is 388 g/mol. The highest BCUT2D eigenvalue weighted by Crippen LogP contribution is 2.23. The summed E-state index contributed by atoms with van der Waals surface area (Å²) in [6, 6.07) is 23.6. The number of benzene rings is 3. The Morgan fingerprint density at radius 1 is 0.828 bits per heavy atom. The molecule has 0 spiro atoms. The quantitative estimate of drug-likeness (QED) is 0.611. The molecule has 0 heterocycles. The van der Waals surface area contributed by atoms with Gasteiger partial charge in [-0.2, -0.15) is 0 Å². The smallest absolute Gasteiger partial charge is 0.254 e. The number of nitrogens with zero attached hydrogens (tertiary/aromatic N) is 1. The van der Waals surface area contributed by atoms with Gasteiger partial charge < -0.3 is 15.4 Å². The lowest BCUT2D eigenvalue weighted by Gasteiger charge is -2.22. The summed E-state index contributed by atoms with van der Waals surface area (Å²) in [6.07, 6.45) is 0.890. The number of rotatable bonds is 8. The number of carbonyl (C=O) groups excluding carboxylic acids is 2. The Bertz CT molecular complexity index is 952. The topological polar surface area (TPSA) is 72.6 Å². The van der Waals surface area contributed by atoms with Gasteiger partial charge in [-0.1, -0.05) is 37.3 Å². The van der Waals surface area contributed by atoms with Gasteiger partial charge in [-0.05, 0) is 60.5 Å². The molecule has 0 atom stereocenters. The largest absolute Gasteiger partial charge is 0.457 e. The van der Waals surface area contributed by atoms with Crippen LogP contribution in [0.25, 0.3) is 0 Å². The van der Waals surface area contributed by atoms with E-state index in [2.05, 4.69) is 6.92 Å². The Morgan fingerprint density at radius 2 is 1.38 bits per heavy atom. The highest BCUT2D eigenvalue weighted by Gasteiger charge is 2.15. The average Bonchev–Trinajstić information content (AvgIpc) is 2.74. The lowest BCUT2D eigenvalue weighted by atomic mass is 10.1. The number of hydrogen-bond acceptors (Lipinski definition) is 3. The highest BCUT2D eigenvalue weighted by molar-refractivity contribution is 5.94. The van der Waals surface area contributed by atoms with E-state index in [1.165, 1.54) is 0 Å². The van der Waals surface area contributed by atoms with Crippen molar-refractivity contribution in [2.75, 3.05) is 6.54 Å². The van der Waals surface area contributed by atoms with Crippen LogP contribution in [0.15, 0.2) is 78.9 Å². The first-order valence-corrected chi connectivity index (χ1v) is 9.58. The minimum absolute atomic E-state index is 0.00642. The lowest BCUT2D eigenvalue weighted by molar-refractivity contribution is 0.0743. The molecule has 0 aromatic heterocycles. The number of ether oxygens (including phenoxy) is 1. The monoisotopic (exact) mass is 388 g/mol. The van der Waals surface area contributed by atoms with Crippen LogP contribution in [0.5, 0.6) is 11.5 Å². The second-order valence-electron chi connectivity index (χ2n) is 6.73. The fourth-order valence-electron chi connectivity index (χ4n) is 3.00. The fourth-order valence-corrected chi connectivity index (χ4v) is 3.00. The summed E-state index contributed by atoms with van der Waals surface area (Å²) < 4.78 is 5.77. The van der Waals surface area contributed by atoms with E-state index >= 15 is 0 Å². The molecule has 0 aliphatic heterocycles. The highest BCUT2D eigenvalue weighted by atomic mass is 16.5. The van der Waals surface area contributed by atoms with Crippen LogP contribution in [0.1, 0.15) is 39.6 Å². The molecule has 0 aliphatic rings. The minimum atomic E-state index is -0.480. The van der Waals surface area contributed by atoms with Crippen LogP contribution in [0, 0.1) is 0 Å². The number of primary amides is 1. The summed E-state index contributed by atoms with van der Waals surface area (Å²) in [4.78, 5) is 25.9. The van der Waals surface area contributed by atoms with Crippen molar-refractivity contribution in [1.82, 2.24) is 4.90 Å². The summed E-state index contributed by atoms with van der Waals surface area (Å²) >= 11 is 0. The maximum atomic E-state index is 13.0. The zero-order valence-corrected chi connectivity index (χ0v) is 16.4. The van der Waals surface area contributed by atoms with E-state index in [4.69, 9.17) is 10.5 Å². The van der Waals surface area contributed by atoms with Crippen LogP contribution in [-0.2, 0) is 6.54 Å². The summed E-state index contributed by atoms with van der Waals surface area (Å²) in [5.41, 5.74) is 7.39. The zero-order valence-electron chi connectivity index (χ0n) is 16.4. The van der Waals surface area contributed by atoms with Crippen molar-refractivity contribution in [2.45, 2.75) is 19.9 Å². The molecule has 0 aliphatic carbocycles. The Kier molecular flexibility index (Phi) is 6.63. The van der Waals surface area contributed by atoms with Gasteiger partial charge in [0, 0.05) is 24.2 Å². The fraction of sp³-hybridized carbons (Fsp3) is 0.167. The zero-order chi connectivity index (χ0) is 20.6. The number of amides is 2. The molecular weight excluding hydrogens is 364 g/mol. The predicted octanol–water partition coefficient (Wildman–Crippen LogP) is 4.63. The molecule has 0 saturated heterocycles. The maximum absolute atomic E-state index is 13.0. The van der Waals surface area contributed by atoms with Gasteiger partial charge in [-0.25, -0.2) is 0 Å². The van der Waals surface area contributed by atoms with Gasteiger partial charge in [0.15, 0.2) is 0 Å². The van der Waals surface area contributed by atoms with E-state index < -0.39 is 5.91 Å². The molecule has 0 radical (unpaired) electrons. The Hall–Kier alpha value is -3.60. The van der Waals surface area contributed by atoms with Gasteiger partial charge >= 0.3 is 0 Å². The first kappa shape index (κ1) is 20.1. The molecule has 29 heavy (non-hydrogen) atoms. The molecule has 3 aromatic rings. The van der Waals surface area contributed by atoms with Crippen LogP contribution in [0.2, 0.25) is 0 Å². The molecule has 5 heteroatoms. The van der Waals surface area contributed by atoms with Crippen molar-refractivity contribution in [3.63, 3.8) is 0 Å². The first-order valence-electron chi connectivity index (χ1n) is 9.58. The van der Waals surface area contributed by atoms with Crippen LogP contribution >= 0.6 is 0 Å². The summed E-state index contributed by atoms with van der Waals surface area (Å²) in [6.45, 7) is 3.34. The minimum Gasteiger partial charge on any atom is -0.457 e. The second-order valence-corrected chi connectivity index (χ2v) is 6.73. The molecule has 5 nitrogen and oxygen atoms in total. The molecule has 148 valence electrons. The van der Waals surface area contributed by atoms with Crippen molar-refractivity contribution < 1.29 is 14.3 Å². The number of nitrogens with two attached hydrogens (primary N) is 1. The third-order valence-corrected chi connectivity index (χ3v) is 4.47. The van der Waals surface area contributed by atoms with E-state index in [-0.39, 0.29) is 5.91 Å². The first-order chi connectivity index (χ1) is 14.1. The van der Waals surface area contributed by atoms with Gasteiger partial charge in [-0.15, -0.1) is 0 Å². The molecule has 0 unspecified atom stereocenters. The van der Waals surface area contributed by atoms with Gasteiger partial charge in [-0.3, -0.25) is 9.59 Å². The molecule has 3 rings (SSSR count). The molecule has 0 fully saturated rings. The standard InChI is InChI=1S/C24H24N2O3/c1-2-16-26(17-18-6-4-3-5-7-18)24(28)20-10-14-22(15-11-20)29-21-12-8-19(9-13-21)23(25)27/h3-15H,2,16-17H2,1H3,(H2,25,27). The molecule has 2 N–H and O–H groups in total. The summed E-state index contributed by atoms with van der Waals surface area (Å²) in [5.74, 6) is 0.712. The summed E-state index contributed by atoms with van der Waals surface area (Å²) in [7, 11) is 0. The molecular formula is C24H24N2O3. The number of carbonyl (C=O) groups is 2. The van der Waals surface area contributed by atoms with Crippen molar-refractivity contribution in [3.8, 4) is 11.5 Å².